The first-order valence-corrected chi connectivity index (χ1v) is 13.4. The van der Waals surface area contributed by atoms with Crippen LogP contribution in [0.25, 0.3) is 10.4 Å². The molecule has 8 nitrogen and oxygen atoms in total. The Morgan fingerprint density at radius 3 is 2.40 bits per heavy atom. The van der Waals surface area contributed by atoms with Crippen molar-refractivity contribution in [1.29, 1.82) is 0 Å². The molecule has 2 aromatic heterocycles. The van der Waals surface area contributed by atoms with Gasteiger partial charge in [-0.3, -0.25) is 9.59 Å². The van der Waals surface area contributed by atoms with Crippen LogP contribution in [-0.4, -0.2) is 68.7 Å². The van der Waals surface area contributed by atoms with Crippen molar-refractivity contribution in [2.24, 2.45) is 0 Å². The number of halogens is 6. The molecule has 1 saturated heterocycles. The van der Waals surface area contributed by atoms with Crippen LogP contribution in [-0.2, 0) is 6.18 Å². The average Bonchev–Trinajstić information content (AvgIpc) is 3.43. The van der Waals surface area contributed by atoms with Gasteiger partial charge < -0.3 is 20.6 Å². The van der Waals surface area contributed by atoms with E-state index >= 15 is 0 Å². The highest BCUT2D eigenvalue weighted by molar-refractivity contribution is 7.17. The first-order valence-electron chi connectivity index (χ1n) is 12.6. The first kappa shape index (κ1) is 31.6. The molecule has 2 atom stereocenters. The lowest BCUT2D eigenvalue weighted by atomic mass is 10.1. The Hall–Kier alpha value is -2.94. The maximum atomic E-state index is 14.2. The summed E-state index contributed by atoms with van der Waals surface area (Å²) >= 11 is 0.535. The lowest BCUT2D eigenvalue weighted by molar-refractivity contribution is -0.137. The second-order valence-electron chi connectivity index (χ2n) is 10.4. The Kier molecular flexibility index (Phi) is 9.39. The maximum Gasteiger partial charge on any atom is 0.417 e. The van der Waals surface area contributed by atoms with E-state index in [9.17, 15) is 41.0 Å². The van der Waals surface area contributed by atoms with E-state index < -0.39 is 53.3 Å². The minimum Gasteiger partial charge on any atom is -0.389 e. The lowest BCUT2D eigenvalue weighted by Crippen LogP contribution is -2.40. The number of anilines is 1. The van der Waals surface area contributed by atoms with Crippen molar-refractivity contribution in [2.75, 3.05) is 18.4 Å². The molecule has 0 bridgehead atoms. The van der Waals surface area contributed by atoms with Gasteiger partial charge in [0.15, 0.2) is 5.01 Å². The summed E-state index contributed by atoms with van der Waals surface area (Å²) in [5.74, 6) is -2.12. The molecule has 40 heavy (non-hydrogen) atoms. The fourth-order valence-electron chi connectivity index (χ4n) is 4.45. The van der Waals surface area contributed by atoms with E-state index in [2.05, 4.69) is 15.3 Å². The Balaban J connectivity index is 2.14. The quantitative estimate of drug-likeness (QED) is 0.331. The third-order valence-corrected chi connectivity index (χ3v) is 7.36. The standard InChI is InChI=1S/C25H31F6N5O3S/c1-5-6-14-8-7-13(2)36(14)22(38)18-19(40-21(35-18)20(37)34-11-23(3,4)39)15-10-32-17(33-12-24(26,27)28)9-16(15)25(29,30)31/h9-10,13-14,39H,5-8,11-12H2,1-4H3,(H,32,33)(H,34,37). The number of likely N-dealkylation sites (tertiary alicyclic amines) is 1. The van der Waals surface area contributed by atoms with Gasteiger partial charge in [-0.25, -0.2) is 9.97 Å². The van der Waals surface area contributed by atoms with Crippen molar-refractivity contribution in [3.63, 3.8) is 0 Å². The van der Waals surface area contributed by atoms with E-state index in [1.54, 1.807) is 4.90 Å². The van der Waals surface area contributed by atoms with Gasteiger partial charge in [0, 0.05) is 30.4 Å². The molecular formula is C25H31F6N5O3S. The highest BCUT2D eigenvalue weighted by atomic mass is 32.1. The molecule has 222 valence electrons. The molecule has 0 saturated carbocycles. The van der Waals surface area contributed by atoms with E-state index in [0.29, 0.717) is 36.7 Å². The number of carbonyl (C=O) groups is 2. The molecule has 15 heteroatoms. The SMILES string of the molecule is CCCC1CCC(C)N1C(=O)c1nc(C(=O)NCC(C)(C)O)sc1-c1cnc(NCC(F)(F)F)cc1C(F)(F)F. The third kappa shape index (κ3) is 7.83. The number of alkyl halides is 6. The maximum absolute atomic E-state index is 14.2. The molecule has 1 fully saturated rings. The number of nitrogens with one attached hydrogen (secondary N) is 2. The molecule has 0 radical (unpaired) electrons. The van der Waals surface area contributed by atoms with Crippen molar-refractivity contribution < 1.29 is 41.0 Å². The lowest BCUT2D eigenvalue weighted by Gasteiger charge is -2.28. The van der Waals surface area contributed by atoms with Crippen LogP contribution < -0.4 is 10.6 Å². The minimum absolute atomic E-state index is 0.163. The van der Waals surface area contributed by atoms with Crippen LogP contribution in [0.1, 0.15) is 79.2 Å². The van der Waals surface area contributed by atoms with Crippen LogP contribution >= 0.6 is 11.3 Å². The van der Waals surface area contributed by atoms with Crippen molar-refractivity contribution in [3.8, 4) is 10.4 Å². The largest absolute Gasteiger partial charge is 0.417 e. The zero-order valence-electron chi connectivity index (χ0n) is 22.3. The zero-order valence-corrected chi connectivity index (χ0v) is 23.1. The van der Waals surface area contributed by atoms with Crippen molar-refractivity contribution in [1.82, 2.24) is 20.2 Å². The van der Waals surface area contributed by atoms with Crippen molar-refractivity contribution in [3.05, 3.63) is 28.5 Å². The number of nitrogens with zero attached hydrogens (tertiary/aromatic N) is 3. The number of pyridine rings is 1. The number of amides is 2. The Labute approximate surface area is 231 Å². The number of rotatable bonds is 9. The summed E-state index contributed by atoms with van der Waals surface area (Å²) in [6.45, 7) is 4.85. The number of hydrogen-bond acceptors (Lipinski definition) is 7. The fourth-order valence-corrected chi connectivity index (χ4v) is 5.45. The Morgan fingerprint density at radius 1 is 1.15 bits per heavy atom. The molecule has 2 amide bonds. The molecule has 0 spiro atoms. The highest BCUT2D eigenvalue weighted by Crippen LogP contribution is 2.42. The molecule has 0 aliphatic carbocycles. The predicted octanol–water partition coefficient (Wildman–Crippen LogP) is 5.49. The van der Waals surface area contributed by atoms with Gasteiger partial charge in [0.25, 0.3) is 11.8 Å². The van der Waals surface area contributed by atoms with Gasteiger partial charge >= 0.3 is 12.4 Å². The molecule has 3 rings (SSSR count). The van der Waals surface area contributed by atoms with E-state index in [1.807, 2.05) is 19.2 Å². The first-order chi connectivity index (χ1) is 18.4. The van der Waals surface area contributed by atoms with Crippen LogP contribution in [0.5, 0.6) is 0 Å². The number of thiazole rings is 1. The summed E-state index contributed by atoms with van der Waals surface area (Å²) in [6.07, 6.45) is -6.18. The van der Waals surface area contributed by atoms with Gasteiger partial charge in [-0.05, 0) is 46.1 Å². The van der Waals surface area contributed by atoms with Crippen LogP contribution in [0.4, 0.5) is 32.2 Å². The summed E-state index contributed by atoms with van der Waals surface area (Å²) in [5.41, 5.74) is -3.60. The van der Waals surface area contributed by atoms with E-state index in [0.717, 1.165) is 12.6 Å². The van der Waals surface area contributed by atoms with Gasteiger partial charge in [-0.2, -0.15) is 26.3 Å². The summed E-state index contributed by atoms with van der Waals surface area (Å²) in [4.78, 5) is 35.8. The molecular weight excluding hydrogens is 564 g/mol. The van der Waals surface area contributed by atoms with Gasteiger partial charge in [0.05, 0.1) is 16.0 Å². The Morgan fingerprint density at radius 2 is 1.82 bits per heavy atom. The molecule has 3 N–H and O–H groups in total. The Bertz CT molecular complexity index is 1220. The normalized spacial score (nSPS) is 18.2. The summed E-state index contributed by atoms with van der Waals surface area (Å²) in [7, 11) is 0. The monoisotopic (exact) mass is 595 g/mol. The van der Waals surface area contributed by atoms with Crippen LogP contribution in [0, 0.1) is 0 Å². The number of aliphatic hydroxyl groups is 1. The number of hydrogen-bond donors (Lipinski definition) is 3. The van der Waals surface area contributed by atoms with Gasteiger partial charge in [-0.15, -0.1) is 11.3 Å². The van der Waals surface area contributed by atoms with Gasteiger partial charge in [-0.1, -0.05) is 13.3 Å². The van der Waals surface area contributed by atoms with E-state index in [1.165, 1.54) is 13.8 Å². The van der Waals surface area contributed by atoms with Crippen LogP contribution in [0.3, 0.4) is 0 Å². The molecule has 1 aliphatic rings. The number of aromatic nitrogens is 2. The van der Waals surface area contributed by atoms with Gasteiger partial charge in [0.2, 0.25) is 0 Å². The van der Waals surface area contributed by atoms with E-state index in [-0.39, 0.29) is 34.2 Å². The summed E-state index contributed by atoms with van der Waals surface area (Å²) in [5, 5.41) is 13.9. The molecule has 3 heterocycles. The highest BCUT2D eigenvalue weighted by Gasteiger charge is 2.40. The topological polar surface area (TPSA) is 107 Å². The van der Waals surface area contributed by atoms with Gasteiger partial charge in [0.1, 0.15) is 18.1 Å². The minimum atomic E-state index is -5.04. The average molecular weight is 596 g/mol. The second kappa shape index (κ2) is 11.9. The van der Waals surface area contributed by atoms with Crippen LogP contribution in [0.2, 0.25) is 0 Å². The second-order valence-corrected chi connectivity index (χ2v) is 11.4. The van der Waals surface area contributed by atoms with E-state index in [4.69, 9.17) is 0 Å². The predicted molar refractivity (Wildman–Crippen MR) is 137 cm³/mol. The summed E-state index contributed by atoms with van der Waals surface area (Å²) in [6, 6.07) is 0.0467. The molecule has 2 unspecified atom stereocenters. The zero-order chi connectivity index (χ0) is 30.0. The van der Waals surface area contributed by atoms with Crippen molar-refractivity contribution in [2.45, 2.75) is 83.4 Å². The molecule has 0 aromatic carbocycles. The fraction of sp³-hybridized carbons (Fsp3) is 0.600. The van der Waals surface area contributed by atoms with Crippen LogP contribution in [0.15, 0.2) is 12.3 Å². The smallest absolute Gasteiger partial charge is 0.389 e. The summed E-state index contributed by atoms with van der Waals surface area (Å²) < 4.78 is 80.4. The third-order valence-electron chi connectivity index (χ3n) is 6.27. The van der Waals surface area contributed by atoms with Crippen molar-refractivity contribution >= 4 is 29.0 Å². The number of carbonyl (C=O) groups excluding carboxylic acids is 2. The molecule has 1 aliphatic heterocycles. The molecule has 2 aromatic rings.